The van der Waals surface area contributed by atoms with Gasteiger partial charge in [-0.25, -0.2) is 4.39 Å². The van der Waals surface area contributed by atoms with E-state index in [4.69, 9.17) is 16.6 Å². The SMILES string of the molecule is NCc1c(N)ccc(C(O)(C(F)(F)F)C(F)(F)F)c1F. The summed E-state index contributed by atoms with van der Waals surface area (Å²) in [7, 11) is 0. The van der Waals surface area contributed by atoms with Gasteiger partial charge in [-0.05, 0) is 6.07 Å². The van der Waals surface area contributed by atoms with Gasteiger partial charge in [-0.3, -0.25) is 0 Å². The van der Waals surface area contributed by atoms with Gasteiger partial charge in [-0.15, -0.1) is 0 Å². The first-order valence-corrected chi connectivity index (χ1v) is 5.01. The number of rotatable bonds is 2. The van der Waals surface area contributed by atoms with Crippen LogP contribution >= 0.6 is 0 Å². The number of benzene rings is 1. The molecule has 0 fully saturated rings. The molecular weight excluding hydrogens is 297 g/mol. The number of anilines is 1. The minimum Gasteiger partial charge on any atom is -0.398 e. The number of hydrogen-bond acceptors (Lipinski definition) is 3. The van der Waals surface area contributed by atoms with Crippen molar-refractivity contribution in [1.29, 1.82) is 0 Å². The molecule has 0 saturated heterocycles. The van der Waals surface area contributed by atoms with Crippen molar-refractivity contribution in [3.8, 4) is 0 Å². The molecular formula is C10H9F7N2O. The van der Waals surface area contributed by atoms with E-state index in [1.165, 1.54) is 0 Å². The zero-order chi connectivity index (χ0) is 15.9. The molecule has 1 aromatic rings. The lowest BCUT2D eigenvalue weighted by molar-refractivity contribution is -0.377. The van der Waals surface area contributed by atoms with Crippen molar-refractivity contribution in [3.05, 3.63) is 29.1 Å². The Morgan fingerprint density at radius 3 is 1.80 bits per heavy atom. The van der Waals surface area contributed by atoms with Crippen molar-refractivity contribution in [3.63, 3.8) is 0 Å². The van der Waals surface area contributed by atoms with Crippen molar-refractivity contribution in [1.82, 2.24) is 0 Å². The van der Waals surface area contributed by atoms with E-state index in [1.54, 1.807) is 0 Å². The maximum absolute atomic E-state index is 13.8. The Morgan fingerprint density at radius 1 is 1.00 bits per heavy atom. The molecule has 0 unspecified atom stereocenters. The average Bonchev–Trinajstić information content (AvgIpc) is 2.25. The molecule has 20 heavy (non-hydrogen) atoms. The Morgan fingerprint density at radius 2 is 1.45 bits per heavy atom. The van der Waals surface area contributed by atoms with Crippen molar-refractivity contribution < 1.29 is 35.8 Å². The van der Waals surface area contributed by atoms with E-state index in [2.05, 4.69) is 0 Å². The summed E-state index contributed by atoms with van der Waals surface area (Å²) in [5.74, 6) is -1.94. The lowest BCUT2D eigenvalue weighted by Gasteiger charge is -2.33. The van der Waals surface area contributed by atoms with Crippen LogP contribution in [0.2, 0.25) is 0 Å². The second kappa shape index (κ2) is 4.77. The molecule has 0 bridgehead atoms. The van der Waals surface area contributed by atoms with Crippen molar-refractivity contribution in [2.24, 2.45) is 5.73 Å². The van der Waals surface area contributed by atoms with E-state index in [0.29, 0.717) is 6.07 Å². The van der Waals surface area contributed by atoms with Crippen molar-refractivity contribution >= 4 is 5.69 Å². The number of alkyl halides is 6. The van der Waals surface area contributed by atoms with Gasteiger partial charge in [-0.2, -0.15) is 26.3 Å². The van der Waals surface area contributed by atoms with Gasteiger partial charge in [0.15, 0.2) is 0 Å². The van der Waals surface area contributed by atoms with Gasteiger partial charge in [0.25, 0.3) is 5.60 Å². The molecule has 0 amide bonds. The third kappa shape index (κ3) is 2.29. The van der Waals surface area contributed by atoms with Crippen LogP contribution in [0, 0.1) is 5.82 Å². The maximum Gasteiger partial charge on any atom is 0.430 e. The molecule has 3 nitrogen and oxygen atoms in total. The van der Waals surface area contributed by atoms with Gasteiger partial charge in [0.2, 0.25) is 0 Å². The fraction of sp³-hybridized carbons (Fsp3) is 0.400. The minimum atomic E-state index is -6.17. The van der Waals surface area contributed by atoms with Crippen LogP contribution in [0.1, 0.15) is 11.1 Å². The molecule has 1 aromatic carbocycles. The van der Waals surface area contributed by atoms with Crippen LogP contribution in [0.4, 0.5) is 36.4 Å². The van der Waals surface area contributed by atoms with Crippen molar-refractivity contribution in [2.45, 2.75) is 24.5 Å². The molecule has 10 heteroatoms. The molecule has 0 aliphatic heterocycles. The molecule has 5 N–H and O–H groups in total. The highest BCUT2D eigenvalue weighted by Gasteiger charge is 2.72. The number of nitrogens with two attached hydrogens (primary N) is 2. The second-order valence-corrected chi connectivity index (χ2v) is 3.90. The first kappa shape index (κ1) is 16.5. The fourth-order valence-corrected chi connectivity index (χ4v) is 1.59. The summed E-state index contributed by atoms with van der Waals surface area (Å²) in [5.41, 5.74) is 1.72. The highest BCUT2D eigenvalue weighted by atomic mass is 19.4. The molecule has 0 aliphatic carbocycles. The molecule has 114 valence electrons. The third-order valence-corrected chi connectivity index (χ3v) is 2.69. The Bertz CT molecular complexity index is 496. The lowest BCUT2D eigenvalue weighted by atomic mass is 9.89. The minimum absolute atomic E-state index is 0.130. The summed E-state index contributed by atoms with van der Waals surface area (Å²) in [6.07, 6.45) is -12.3. The number of aliphatic hydroxyl groups is 1. The first-order chi connectivity index (χ1) is 8.88. The summed E-state index contributed by atoms with van der Waals surface area (Å²) < 4.78 is 89.4. The van der Waals surface area contributed by atoms with Crippen LogP contribution in [0.5, 0.6) is 0 Å². The standard InChI is InChI=1S/C10H9F7N2O/c11-7-4(3-18)6(19)2-1-5(7)8(20,9(12,13)14)10(15,16)17/h1-2,20H,3,18-19H2. The molecule has 0 atom stereocenters. The summed E-state index contributed by atoms with van der Waals surface area (Å²) >= 11 is 0. The fourth-order valence-electron chi connectivity index (χ4n) is 1.59. The van der Waals surface area contributed by atoms with E-state index in [-0.39, 0.29) is 6.07 Å². The molecule has 0 spiro atoms. The van der Waals surface area contributed by atoms with Crippen molar-refractivity contribution in [2.75, 3.05) is 5.73 Å². The molecule has 0 saturated carbocycles. The Hall–Kier alpha value is -1.55. The number of hydrogen-bond donors (Lipinski definition) is 3. The molecule has 0 heterocycles. The average molecular weight is 306 g/mol. The van der Waals surface area contributed by atoms with Gasteiger partial charge >= 0.3 is 12.4 Å². The zero-order valence-corrected chi connectivity index (χ0v) is 9.61. The largest absolute Gasteiger partial charge is 0.430 e. The quantitative estimate of drug-likeness (QED) is 0.579. The molecule has 0 aromatic heterocycles. The second-order valence-electron chi connectivity index (χ2n) is 3.90. The van der Waals surface area contributed by atoms with E-state index >= 15 is 0 Å². The third-order valence-electron chi connectivity index (χ3n) is 2.69. The highest BCUT2D eigenvalue weighted by molar-refractivity contribution is 5.51. The van der Waals surface area contributed by atoms with Crippen LogP contribution in [-0.4, -0.2) is 17.5 Å². The van der Waals surface area contributed by atoms with E-state index < -0.39 is 47.1 Å². The Labute approximate surface area is 108 Å². The van der Waals surface area contributed by atoms with Gasteiger partial charge in [0.05, 0.1) is 0 Å². The van der Waals surface area contributed by atoms with Crippen LogP contribution in [-0.2, 0) is 12.1 Å². The summed E-state index contributed by atoms with van der Waals surface area (Å²) in [5, 5.41) is 9.08. The normalized spacial score (nSPS) is 13.7. The van der Waals surface area contributed by atoms with Gasteiger partial charge in [-0.1, -0.05) is 6.07 Å². The predicted octanol–water partition coefficient (Wildman–Crippen LogP) is 2.18. The van der Waals surface area contributed by atoms with Gasteiger partial charge < -0.3 is 16.6 Å². The number of halogens is 7. The highest BCUT2D eigenvalue weighted by Crippen LogP contribution is 2.51. The van der Waals surface area contributed by atoms with E-state index in [1.807, 2.05) is 0 Å². The topological polar surface area (TPSA) is 72.3 Å². The first-order valence-electron chi connectivity index (χ1n) is 5.01. The van der Waals surface area contributed by atoms with E-state index in [0.717, 1.165) is 0 Å². The van der Waals surface area contributed by atoms with Crippen LogP contribution < -0.4 is 11.5 Å². The molecule has 1 rings (SSSR count). The lowest BCUT2D eigenvalue weighted by Crippen LogP contribution is -2.54. The maximum atomic E-state index is 13.8. The Balaban J connectivity index is 3.70. The number of nitrogen functional groups attached to an aromatic ring is 1. The summed E-state index contributed by atoms with van der Waals surface area (Å²) in [6.45, 7) is -0.725. The van der Waals surface area contributed by atoms with Gasteiger partial charge in [0.1, 0.15) is 5.82 Å². The summed E-state index contributed by atoms with van der Waals surface area (Å²) in [4.78, 5) is 0. The monoisotopic (exact) mass is 306 g/mol. The van der Waals surface area contributed by atoms with Crippen LogP contribution in [0.25, 0.3) is 0 Å². The predicted molar refractivity (Wildman–Crippen MR) is 54.7 cm³/mol. The molecule has 0 aliphatic rings. The smallest absolute Gasteiger partial charge is 0.398 e. The van der Waals surface area contributed by atoms with E-state index in [9.17, 15) is 30.7 Å². The van der Waals surface area contributed by atoms with Crippen LogP contribution in [0.3, 0.4) is 0 Å². The van der Waals surface area contributed by atoms with Crippen LogP contribution in [0.15, 0.2) is 12.1 Å². The summed E-state index contributed by atoms with van der Waals surface area (Å²) in [6, 6.07) is 0.744. The van der Waals surface area contributed by atoms with Gasteiger partial charge in [0, 0.05) is 23.4 Å². The Kier molecular flexibility index (Phi) is 3.94. The zero-order valence-electron chi connectivity index (χ0n) is 9.61. The molecule has 0 radical (unpaired) electrons.